The number of amides is 2. The van der Waals surface area contributed by atoms with E-state index < -0.39 is 4.92 Å². The lowest BCUT2D eigenvalue weighted by Crippen LogP contribution is -2.31. The molecule has 31 heavy (non-hydrogen) atoms. The molecular formula is C23H24ClN3O4. The summed E-state index contributed by atoms with van der Waals surface area (Å²) >= 11 is 6.16. The number of carbonyl (C=O) groups excluding carboxylic acids is 2. The van der Waals surface area contributed by atoms with Gasteiger partial charge in [-0.1, -0.05) is 36.7 Å². The minimum absolute atomic E-state index is 0.166. The minimum atomic E-state index is -0.499. The fourth-order valence-electron chi connectivity index (χ4n) is 4.64. The molecule has 0 aromatic heterocycles. The number of benzene rings is 2. The first-order valence-corrected chi connectivity index (χ1v) is 10.9. The first-order chi connectivity index (χ1) is 14.9. The van der Waals surface area contributed by atoms with Crippen LogP contribution in [0.4, 0.5) is 17.1 Å². The lowest BCUT2D eigenvalue weighted by molar-refractivity contribution is -0.383. The largest absolute Gasteiger partial charge is 0.379 e. The first kappa shape index (κ1) is 21.3. The van der Waals surface area contributed by atoms with Gasteiger partial charge in [0.1, 0.15) is 5.69 Å². The van der Waals surface area contributed by atoms with E-state index in [9.17, 15) is 19.7 Å². The number of carbonyl (C=O) groups is 2. The van der Waals surface area contributed by atoms with Crippen LogP contribution in [-0.2, 0) is 16.0 Å². The maximum atomic E-state index is 12.9. The average Bonchev–Trinajstić information content (AvgIpc) is 2.99. The highest BCUT2D eigenvalue weighted by Gasteiger charge is 2.50. The molecule has 8 heteroatoms. The van der Waals surface area contributed by atoms with E-state index in [1.807, 2.05) is 18.2 Å². The van der Waals surface area contributed by atoms with E-state index in [-0.39, 0.29) is 35.0 Å². The fraction of sp³-hybridized carbons (Fsp3) is 0.391. The Morgan fingerprint density at radius 3 is 2.61 bits per heavy atom. The van der Waals surface area contributed by atoms with Gasteiger partial charge in [0.2, 0.25) is 11.8 Å². The molecule has 2 aromatic rings. The van der Waals surface area contributed by atoms with Crippen LogP contribution in [-0.4, -0.2) is 23.3 Å². The number of nitrogens with zero attached hydrogens (tertiary/aromatic N) is 2. The van der Waals surface area contributed by atoms with Crippen LogP contribution in [0, 0.1) is 27.9 Å². The number of nitrogens with one attached hydrogen (secondary N) is 1. The number of nitro groups is 1. The second kappa shape index (κ2) is 8.67. The summed E-state index contributed by atoms with van der Waals surface area (Å²) in [5, 5.41) is 15.4. The number of fused-ring (bicyclic) bond motifs is 1. The van der Waals surface area contributed by atoms with Gasteiger partial charge in [0.25, 0.3) is 5.69 Å². The van der Waals surface area contributed by atoms with Gasteiger partial charge in [0, 0.05) is 17.6 Å². The van der Waals surface area contributed by atoms with Gasteiger partial charge in [-0.15, -0.1) is 0 Å². The number of nitro benzene ring substituents is 1. The molecule has 2 fully saturated rings. The van der Waals surface area contributed by atoms with Gasteiger partial charge in [0.05, 0.1) is 22.4 Å². The molecule has 2 aliphatic rings. The number of rotatable bonds is 6. The summed E-state index contributed by atoms with van der Waals surface area (Å²) in [5.74, 6) is -0.706. The van der Waals surface area contributed by atoms with E-state index in [4.69, 9.17) is 11.6 Å². The van der Waals surface area contributed by atoms with E-state index in [2.05, 4.69) is 12.2 Å². The summed E-state index contributed by atoms with van der Waals surface area (Å²) in [6.45, 7) is 2.54. The molecule has 1 saturated heterocycles. The van der Waals surface area contributed by atoms with Crippen LogP contribution in [0.15, 0.2) is 42.5 Å². The fourth-order valence-corrected chi connectivity index (χ4v) is 4.87. The Labute approximate surface area is 185 Å². The molecule has 1 heterocycles. The summed E-state index contributed by atoms with van der Waals surface area (Å²) in [5.41, 5.74) is 1.38. The van der Waals surface area contributed by atoms with Gasteiger partial charge >= 0.3 is 0 Å². The summed E-state index contributed by atoms with van der Waals surface area (Å²) in [7, 11) is 0. The monoisotopic (exact) mass is 441 g/mol. The Morgan fingerprint density at radius 2 is 1.87 bits per heavy atom. The maximum absolute atomic E-state index is 12.9. The van der Waals surface area contributed by atoms with Crippen molar-refractivity contribution in [3.63, 3.8) is 0 Å². The smallest absolute Gasteiger partial charge is 0.294 e. The van der Waals surface area contributed by atoms with Gasteiger partial charge in [-0.3, -0.25) is 19.7 Å². The molecule has 2 amide bonds. The highest BCUT2D eigenvalue weighted by molar-refractivity contribution is 6.31. The van der Waals surface area contributed by atoms with Crippen LogP contribution in [0.3, 0.4) is 0 Å². The molecule has 1 aliphatic carbocycles. The molecule has 1 N–H and O–H groups in total. The van der Waals surface area contributed by atoms with Crippen LogP contribution in [0.1, 0.15) is 31.7 Å². The molecule has 3 unspecified atom stereocenters. The Hall–Kier alpha value is -2.93. The third-order valence-electron chi connectivity index (χ3n) is 6.29. The standard InChI is InChI=1S/C23H24ClN3O4/c1-14-6-8-17-18(12-14)23(29)26(22(17)28)16-7-9-20(21(13-16)27(30)31)25-11-10-15-4-2-3-5-19(15)24/h2-5,7,9,13-14,17-18,25H,6,8,10-12H2,1H3. The Bertz CT molecular complexity index is 1040. The Kier molecular flexibility index (Phi) is 5.96. The van der Waals surface area contributed by atoms with Crippen molar-refractivity contribution in [1.82, 2.24) is 0 Å². The lowest BCUT2D eigenvalue weighted by atomic mass is 9.76. The predicted octanol–water partition coefficient (Wildman–Crippen LogP) is 4.83. The van der Waals surface area contributed by atoms with Crippen LogP contribution < -0.4 is 10.2 Å². The Balaban J connectivity index is 1.53. The van der Waals surface area contributed by atoms with Crippen molar-refractivity contribution in [2.45, 2.75) is 32.6 Å². The van der Waals surface area contributed by atoms with Crippen molar-refractivity contribution < 1.29 is 14.5 Å². The zero-order chi connectivity index (χ0) is 22.1. The van der Waals surface area contributed by atoms with Gasteiger partial charge in [-0.25, -0.2) is 4.90 Å². The summed E-state index contributed by atoms with van der Waals surface area (Å²) in [4.78, 5) is 38.2. The third-order valence-corrected chi connectivity index (χ3v) is 6.66. The highest BCUT2D eigenvalue weighted by atomic mass is 35.5. The molecule has 0 bridgehead atoms. The zero-order valence-corrected chi connectivity index (χ0v) is 18.0. The van der Waals surface area contributed by atoms with Gasteiger partial charge in [-0.05, 0) is 55.4 Å². The van der Waals surface area contributed by atoms with E-state index >= 15 is 0 Å². The Morgan fingerprint density at radius 1 is 1.13 bits per heavy atom. The average molecular weight is 442 g/mol. The van der Waals surface area contributed by atoms with E-state index in [1.54, 1.807) is 18.2 Å². The number of imide groups is 1. The summed E-state index contributed by atoms with van der Waals surface area (Å²) < 4.78 is 0. The SMILES string of the molecule is CC1CCC2C(=O)N(c3ccc(NCCc4ccccc4Cl)c([N+](=O)[O-])c3)C(=O)C2C1. The van der Waals surface area contributed by atoms with Crippen molar-refractivity contribution in [3.05, 3.63) is 63.2 Å². The topological polar surface area (TPSA) is 92.6 Å². The molecule has 0 radical (unpaired) electrons. The van der Waals surface area contributed by atoms with Gasteiger partial charge in [0.15, 0.2) is 0 Å². The van der Waals surface area contributed by atoms with Crippen LogP contribution in [0.5, 0.6) is 0 Å². The molecule has 2 aromatic carbocycles. The second-order valence-corrected chi connectivity index (χ2v) is 8.78. The normalized spacial score (nSPS) is 23.0. The molecule has 7 nitrogen and oxygen atoms in total. The zero-order valence-electron chi connectivity index (χ0n) is 17.2. The number of hydrogen-bond donors (Lipinski definition) is 1. The van der Waals surface area contributed by atoms with Crippen LogP contribution in [0.25, 0.3) is 0 Å². The predicted molar refractivity (Wildman–Crippen MR) is 119 cm³/mol. The molecule has 4 rings (SSSR count). The third kappa shape index (κ3) is 4.14. The van der Waals surface area contributed by atoms with Crippen molar-refractivity contribution >= 4 is 40.5 Å². The van der Waals surface area contributed by atoms with Crippen LogP contribution in [0.2, 0.25) is 5.02 Å². The summed E-state index contributed by atoms with van der Waals surface area (Å²) in [6.07, 6.45) is 2.90. The molecule has 3 atom stereocenters. The quantitative estimate of drug-likeness (QED) is 0.393. The molecule has 1 saturated carbocycles. The van der Waals surface area contributed by atoms with Gasteiger partial charge < -0.3 is 5.32 Å². The van der Waals surface area contributed by atoms with Crippen molar-refractivity contribution in [3.8, 4) is 0 Å². The lowest BCUT2D eigenvalue weighted by Gasteiger charge is -2.25. The van der Waals surface area contributed by atoms with Crippen LogP contribution >= 0.6 is 11.6 Å². The van der Waals surface area contributed by atoms with Crippen molar-refractivity contribution in [2.24, 2.45) is 17.8 Å². The number of anilines is 2. The highest BCUT2D eigenvalue weighted by Crippen LogP contribution is 2.43. The van der Waals surface area contributed by atoms with E-state index in [0.29, 0.717) is 42.4 Å². The molecule has 1 aliphatic heterocycles. The number of hydrogen-bond acceptors (Lipinski definition) is 5. The molecule has 162 valence electrons. The molecular weight excluding hydrogens is 418 g/mol. The van der Waals surface area contributed by atoms with Gasteiger partial charge in [-0.2, -0.15) is 0 Å². The first-order valence-electron chi connectivity index (χ1n) is 10.5. The number of halogens is 1. The van der Waals surface area contributed by atoms with Crippen molar-refractivity contribution in [1.29, 1.82) is 0 Å². The van der Waals surface area contributed by atoms with E-state index in [0.717, 1.165) is 16.9 Å². The van der Waals surface area contributed by atoms with E-state index in [1.165, 1.54) is 6.07 Å². The minimum Gasteiger partial charge on any atom is -0.379 e. The molecule has 0 spiro atoms. The second-order valence-electron chi connectivity index (χ2n) is 8.37. The van der Waals surface area contributed by atoms with Crippen molar-refractivity contribution in [2.75, 3.05) is 16.8 Å². The summed E-state index contributed by atoms with van der Waals surface area (Å²) in [6, 6.07) is 11.9. The maximum Gasteiger partial charge on any atom is 0.294 e.